The zero-order chi connectivity index (χ0) is 17.8. The Labute approximate surface area is 141 Å². The van der Waals surface area contributed by atoms with E-state index in [1.807, 2.05) is 0 Å². The minimum absolute atomic E-state index is 0.0261. The lowest BCUT2D eigenvalue weighted by Crippen LogP contribution is -2.20. The predicted octanol–water partition coefficient (Wildman–Crippen LogP) is 2.27. The summed E-state index contributed by atoms with van der Waals surface area (Å²) in [5.41, 5.74) is 0.420. The fourth-order valence-corrected chi connectivity index (χ4v) is 2.11. The van der Waals surface area contributed by atoms with E-state index in [2.05, 4.69) is 20.8 Å². The molecule has 0 saturated heterocycles. The third-order valence-corrected chi connectivity index (χ3v) is 3.28. The summed E-state index contributed by atoms with van der Waals surface area (Å²) in [5.74, 6) is -1.26. The highest BCUT2D eigenvalue weighted by Crippen LogP contribution is 2.19. The van der Waals surface area contributed by atoms with Crippen LogP contribution in [0.5, 0.6) is 5.75 Å². The molecule has 0 bridgehead atoms. The fourth-order valence-electron chi connectivity index (χ4n) is 2.11. The number of hydrogen-bond acceptors (Lipinski definition) is 5. The Bertz CT molecular complexity index is 913. The molecule has 1 N–H and O–H groups in total. The van der Waals surface area contributed by atoms with Crippen LogP contribution in [0.1, 0.15) is 5.82 Å². The summed E-state index contributed by atoms with van der Waals surface area (Å²) in [7, 11) is 0. The van der Waals surface area contributed by atoms with E-state index < -0.39 is 24.1 Å². The second-order valence-corrected chi connectivity index (χ2v) is 5.07. The molecule has 25 heavy (non-hydrogen) atoms. The Morgan fingerprint density at radius 2 is 2.00 bits per heavy atom. The molecular weight excluding hydrogens is 332 g/mol. The van der Waals surface area contributed by atoms with Crippen molar-refractivity contribution >= 4 is 11.6 Å². The molecule has 0 unspecified atom stereocenters. The van der Waals surface area contributed by atoms with E-state index in [0.717, 1.165) is 0 Å². The van der Waals surface area contributed by atoms with Gasteiger partial charge in [-0.1, -0.05) is 12.1 Å². The van der Waals surface area contributed by atoms with Gasteiger partial charge in [0.25, 0.3) is 5.91 Å². The zero-order valence-corrected chi connectivity index (χ0v) is 13.1. The molecule has 1 amide bonds. The predicted molar refractivity (Wildman–Crippen MR) is 84.4 cm³/mol. The second-order valence-electron chi connectivity index (χ2n) is 5.07. The molecule has 3 aromatic rings. The molecule has 0 aliphatic rings. The molecule has 9 heteroatoms. The first-order valence-electron chi connectivity index (χ1n) is 7.26. The van der Waals surface area contributed by atoms with Crippen molar-refractivity contribution in [1.29, 1.82) is 0 Å². The highest BCUT2D eigenvalue weighted by molar-refractivity contribution is 5.92. The minimum atomic E-state index is -0.562. The largest absolute Gasteiger partial charge is 0.481 e. The number of benzene rings is 2. The quantitative estimate of drug-likeness (QED) is 0.767. The van der Waals surface area contributed by atoms with Gasteiger partial charge in [0.1, 0.15) is 11.5 Å². The normalized spacial score (nSPS) is 10.5. The summed E-state index contributed by atoms with van der Waals surface area (Å²) in [5, 5.41) is 13.4. The van der Waals surface area contributed by atoms with E-state index >= 15 is 0 Å². The summed E-state index contributed by atoms with van der Waals surface area (Å²) in [4.78, 5) is 11.9. The summed E-state index contributed by atoms with van der Waals surface area (Å²) in [6, 6.07) is 9.72. The van der Waals surface area contributed by atoms with E-state index in [1.165, 1.54) is 41.1 Å². The zero-order valence-electron chi connectivity index (χ0n) is 13.1. The summed E-state index contributed by atoms with van der Waals surface area (Å²) >= 11 is 0. The lowest BCUT2D eigenvalue weighted by atomic mass is 10.2. The minimum Gasteiger partial charge on any atom is -0.481 e. The van der Waals surface area contributed by atoms with Crippen LogP contribution in [0.2, 0.25) is 0 Å². The van der Waals surface area contributed by atoms with Gasteiger partial charge in [0, 0.05) is 5.69 Å². The van der Waals surface area contributed by atoms with Crippen molar-refractivity contribution in [2.75, 3.05) is 11.9 Å². The van der Waals surface area contributed by atoms with Gasteiger partial charge in [-0.15, -0.1) is 5.10 Å². The molecule has 0 saturated carbocycles. The molecule has 1 heterocycles. The first-order chi connectivity index (χ1) is 12.0. The van der Waals surface area contributed by atoms with Gasteiger partial charge in [0.15, 0.2) is 24.0 Å². The van der Waals surface area contributed by atoms with Crippen molar-refractivity contribution in [3.8, 4) is 11.4 Å². The van der Waals surface area contributed by atoms with E-state index in [1.54, 1.807) is 13.0 Å². The van der Waals surface area contributed by atoms with Crippen LogP contribution in [0.3, 0.4) is 0 Å². The summed E-state index contributed by atoms with van der Waals surface area (Å²) in [6.07, 6.45) is 0. The molecule has 2 aromatic carbocycles. The van der Waals surface area contributed by atoms with E-state index in [4.69, 9.17) is 4.74 Å². The molecule has 128 valence electrons. The Hall–Kier alpha value is -3.36. The molecule has 0 atom stereocenters. The van der Waals surface area contributed by atoms with Crippen LogP contribution >= 0.6 is 0 Å². The number of aryl methyl sites for hydroxylation is 1. The monoisotopic (exact) mass is 345 g/mol. The molecule has 7 nitrogen and oxygen atoms in total. The van der Waals surface area contributed by atoms with Gasteiger partial charge in [-0.3, -0.25) is 4.79 Å². The number of nitrogens with one attached hydrogen (secondary N) is 1. The number of carbonyl (C=O) groups excluding carboxylic acids is 1. The SMILES string of the molecule is Cc1nnnn1-c1cc(NC(=O)COc2ccccc2F)ccc1F. The lowest BCUT2D eigenvalue weighted by Gasteiger charge is -2.10. The first-order valence-corrected chi connectivity index (χ1v) is 7.26. The van der Waals surface area contributed by atoms with Crippen LogP contribution in [0.25, 0.3) is 5.69 Å². The first kappa shape index (κ1) is 16.5. The molecule has 0 radical (unpaired) electrons. The number of hydrogen-bond donors (Lipinski definition) is 1. The van der Waals surface area contributed by atoms with Crippen LogP contribution in [0.4, 0.5) is 14.5 Å². The van der Waals surface area contributed by atoms with Crippen molar-refractivity contribution in [2.45, 2.75) is 6.92 Å². The number of ether oxygens (including phenoxy) is 1. The molecule has 0 fully saturated rings. The maximum atomic E-state index is 14.0. The van der Waals surface area contributed by atoms with Gasteiger partial charge in [0.05, 0.1) is 0 Å². The maximum absolute atomic E-state index is 14.0. The third-order valence-electron chi connectivity index (χ3n) is 3.28. The Morgan fingerprint density at radius 3 is 2.72 bits per heavy atom. The highest BCUT2D eigenvalue weighted by atomic mass is 19.1. The highest BCUT2D eigenvalue weighted by Gasteiger charge is 2.12. The van der Waals surface area contributed by atoms with Crippen molar-refractivity contribution < 1.29 is 18.3 Å². The number of aromatic nitrogens is 4. The molecule has 3 rings (SSSR count). The maximum Gasteiger partial charge on any atom is 0.262 e. The topological polar surface area (TPSA) is 81.9 Å². The van der Waals surface area contributed by atoms with E-state index in [9.17, 15) is 13.6 Å². The van der Waals surface area contributed by atoms with Gasteiger partial charge < -0.3 is 10.1 Å². The van der Waals surface area contributed by atoms with Gasteiger partial charge in [-0.05, 0) is 47.7 Å². The Balaban J connectivity index is 1.70. The number of carbonyl (C=O) groups is 1. The van der Waals surface area contributed by atoms with Gasteiger partial charge in [-0.2, -0.15) is 4.68 Å². The average molecular weight is 345 g/mol. The molecule has 0 aliphatic carbocycles. The van der Waals surface area contributed by atoms with E-state index in [-0.39, 0.29) is 11.4 Å². The van der Waals surface area contributed by atoms with E-state index in [0.29, 0.717) is 11.5 Å². The second kappa shape index (κ2) is 7.04. The van der Waals surface area contributed by atoms with Crippen LogP contribution in [0.15, 0.2) is 42.5 Å². The Kier molecular flexibility index (Phi) is 4.64. The smallest absolute Gasteiger partial charge is 0.262 e. The van der Waals surface area contributed by atoms with Gasteiger partial charge in [-0.25, -0.2) is 8.78 Å². The molecular formula is C16H13F2N5O2. The molecule has 0 aliphatic heterocycles. The summed E-state index contributed by atoms with van der Waals surface area (Å²) in [6.45, 7) is 1.23. The number of rotatable bonds is 5. The van der Waals surface area contributed by atoms with Gasteiger partial charge in [0.2, 0.25) is 0 Å². The average Bonchev–Trinajstić information content (AvgIpc) is 3.02. The van der Waals surface area contributed by atoms with Gasteiger partial charge >= 0.3 is 0 Å². The molecule has 1 aromatic heterocycles. The number of para-hydroxylation sites is 1. The fraction of sp³-hybridized carbons (Fsp3) is 0.125. The van der Waals surface area contributed by atoms with Crippen molar-refractivity contribution in [3.63, 3.8) is 0 Å². The van der Waals surface area contributed by atoms with Crippen molar-refractivity contribution in [1.82, 2.24) is 20.2 Å². The number of nitrogens with zero attached hydrogens (tertiary/aromatic N) is 4. The van der Waals surface area contributed by atoms with Crippen LogP contribution in [-0.4, -0.2) is 32.7 Å². The Morgan fingerprint density at radius 1 is 1.20 bits per heavy atom. The lowest BCUT2D eigenvalue weighted by molar-refractivity contribution is -0.118. The van der Waals surface area contributed by atoms with Crippen LogP contribution in [-0.2, 0) is 4.79 Å². The molecule has 0 spiro atoms. The number of tetrazole rings is 1. The van der Waals surface area contributed by atoms with Crippen LogP contribution in [0, 0.1) is 18.6 Å². The summed E-state index contributed by atoms with van der Waals surface area (Å²) < 4.78 is 33.7. The number of anilines is 1. The van der Waals surface area contributed by atoms with Crippen molar-refractivity contribution in [3.05, 3.63) is 59.9 Å². The number of amides is 1. The van der Waals surface area contributed by atoms with Crippen LogP contribution < -0.4 is 10.1 Å². The number of halogens is 2. The van der Waals surface area contributed by atoms with Crippen molar-refractivity contribution in [2.24, 2.45) is 0 Å². The third kappa shape index (κ3) is 3.77. The standard InChI is InChI=1S/C16H13F2N5O2/c1-10-20-21-22-23(10)14-8-11(6-7-12(14)17)19-16(24)9-25-15-5-3-2-4-13(15)18/h2-8H,9H2,1H3,(H,19,24).